The van der Waals surface area contributed by atoms with E-state index in [4.69, 9.17) is 0 Å². The van der Waals surface area contributed by atoms with Crippen molar-refractivity contribution in [1.82, 2.24) is 10.2 Å². The Morgan fingerprint density at radius 1 is 1.14 bits per heavy atom. The zero-order valence-electron chi connectivity index (χ0n) is 17.1. The van der Waals surface area contributed by atoms with Crippen LogP contribution in [0, 0.1) is 0 Å². The molecule has 4 rings (SSSR count). The number of carbonyl (C=O) groups is 1. The van der Waals surface area contributed by atoms with Gasteiger partial charge in [-0.2, -0.15) is 0 Å². The molecule has 4 heteroatoms. The van der Waals surface area contributed by atoms with E-state index in [1.165, 1.54) is 61.6 Å². The van der Waals surface area contributed by atoms with E-state index in [2.05, 4.69) is 35.7 Å². The highest BCUT2D eigenvalue weighted by Gasteiger charge is 2.50. The Hall–Kier alpha value is -1.65. The Labute approximate surface area is 169 Å². The number of rotatable bonds is 7. The van der Waals surface area contributed by atoms with Crippen molar-refractivity contribution < 1.29 is 9.90 Å². The molecule has 1 saturated carbocycles. The summed E-state index contributed by atoms with van der Waals surface area (Å²) in [5, 5.41) is 13.7. The Morgan fingerprint density at radius 2 is 1.89 bits per heavy atom. The Kier molecular flexibility index (Phi) is 6.17. The monoisotopic (exact) mass is 382 g/mol. The van der Waals surface area contributed by atoms with E-state index >= 15 is 0 Å². The molecule has 0 unspecified atom stereocenters. The third-order valence-corrected chi connectivity index (χ3v) is 7.00. The van der Waals surface area contributed by atoms with Gasteiger partial charge in [0.25, 0.3) is 0 Å². The van der Waals surface area contributed by atoms with Crippen molar-refractivity contribution in [1.29, 1.82) is 0 Å². The molecule has 1 aliphatic heterocycles. The largest absolute Gasteiger partial charge is 0.394 e. The lowest BCUT2D eigenvalue weighted by Gasteiger charge is -2.55. The predicted octanol–water partition coefficient (Wildman–Crippen LogP) is 3.85. The summed E-state index contributed by atoms with van der Waals surface area (Å²) < 4.78 is 0. The second-order valence-corrected chi connectivity index (χ2v) is 8.63. The Balaban J connectivity index is 1.52. The van der Waals surface area contributed by atoms with E-state index < -0.39 is 0 Å². The summed E-state index contributed by atoms with van der Waals surface area (Å²) in [5.41, 5.74) is 4.03. The first-order chi connectivity index (χ1) is 13.7. The fourth-order valence-electron chi connectivity index (χ4n) is 5.44. The lowest BCUT2D eigenvalue weighted by atomic mass is 9.74. The number of amides is 1. The van der Waals surface area contributed by atoms with E-state index in [-0.39, 0.29) is 30.5 Å². The molecule has 1 aromatic rings. The third kappa shape index (κ3) is 3.77. The molecule has 1 saturated heterocycles. The summed E-state index contributed by atoms with van der Waals surface area (Å²) in [6.07, 6.45) is 11.6. The molecule has 1 heterocycles. The summed E-state index contributed by atoms with van der Waals surface area (Å²) in [5.74, 6) is 0.363. The maximum atomic E-state index is 12.6. The molecule has 1 amide bonds. The van der Waals surface area contributed by atoms with Crippen molar-refractivity contribution >= 4 is 11.5 Å². The molecule has 3 atom stereocenters. The quantitative estimate of drug-likeness (QED) is 0.753. The number of allylic oxidation sites excluding steroid dienone is 2. The number of hydrogen-bond donors (Lipinski definition) is 2. The summed E-state index contributed by atoms with van der Waals surface area (Å²) in [4.78, 5) is 14.5. The molecular weight excluding hydrogens is 348 g/mol. The molecule has 2 aliphatic carbocycles. The van der Waals surface area contributed by atoms with Crippen molar-refractivity contribution in [2.24, 2.45) is 0 Å². The van der Waals surface area contributed by atoms with Crippen LogP contribution in [-0.4, -0.2) is 47.2 Å². The van der Waals surface area contributed by atoms with E-state index in [9.17, 15) is 9.90 Å². The van der Waals surface area contributed by atoms with Crippen molar-refractivity contribution in [2.75, 3.05) is 13.2 Å². The minimum absolute atomic E-state index is 0.0310. The van der Waals surface area contributed by atoms with E-state index in [1.807, 2.05) is 11.8 Å². The molecule has 2 N–H and O–H groups in total. The minimum Gasteiger partial charge on any atom is -0.394 e. The Morgan fingerprint density at radius 3 is 2.50 bits per heavy atom. The predicted molar refractivity (Wildman–Crippen MR) is 113 cm³/mol. The third-order valence-electron chi connectivity index (χ3n) is 7.00. The average Bonchev–Trinajstić information content (AvgIpc) is 3.42. The number of likely N-dealkylation sites (tertiary alicyclic amines) is 1. The number of carbonyl (C=O) groups excluding carboxylic acids is 1. The fourth-order valence-corrected chi connectivity index (χ4v) is 5.44. The highest BCUT2D eigenvalue weighted by molar-refractivity contribution is 5.78. The summed E-state index contributed by atoms with van der Waals surface area (Å²) in [6, 6.07) is 9.53. The van der Waals surface area contributed by atoms with Gasteiger partial charge in [-0.1, -0.05) is 50.1 Å². The highest BCUT2D eigenvalue weighted by Crippen LogP contribution is 2.41. The molecule has 0 radical (unpaired) electrons. The first-order valence-corrected chi connectivity index (χ1v) is 11.2. The van der Waals surface area contributed by atoms with Gasteiger partial charge in [0.1, 0.15) is 0 Å². The van der Waals surface area contributed by atoms with E-state index in [0.717, 1.165) is 6.54 Å². The summed E-state index contributed by atoms with van der Waals surface area (Å²) in [7, 11) is 0. The van der Waals surface area contributed by atoms with Crippen molar-refractivity contribution in [3.05, 3.63) is 41.5 Å². The van der Waals surface area contributed by atoms with Gasteiger partial charge in [0.05, 0.1) is 18.7 Å². The number of hydrogen-bond acceptors (Lipinski definition) is 3. The van der Waals surface area contributed by atoms with Crippen LogP contribution in [0.3, 0.4) is 0 Å². The summed E-state index contributed by atoms with van der Waals surface area (Å²) in [6.45, 7) is 2.77. The van der Waals surface area contributed by atoms with Crippen LogP contribution >= 0.6 is 0 Å². The van der Waals surface area contributed by atoms with Crippen LogP contribution in [0.15, 0.2) is 30.3 Å². The van der Waals surface area contributed by atoms with Crippen LogP contribution in [-0.2, 0) is 4.79 Å². The Bertz CT molecular complexity index is 706. The topological polar surface area (TPSA) is 52.6 Å². The standard InChI is InChI=1S/C24H34N2O2/c1-2-23(28)26-21(15-25-20-9-5-6-10-20)24(22(26)16-27)19-13-11-18(12-14-19)17-7-3-4-8-17/h7,11-14,20-22,24-25,27H,2-6,8-10,15-16H2,1H3/t21-,22-,24-/m1/s1. The average molecular weight is 383 g/mol. The van der Waals surface area contributed by atoms with Gasteiger partial charge in [-0.15, -0.1) is 0 Å². The van der Waals surface area contributed by atoms with Gasteiger partial charge in [-0.05, 0) is 48.8 Å². The molecular formula is C24H34N2O2. The fraction of sp³-hybridized carbons (Fsp3) is 0.625. The molecule has 0 aromatic heterocycles. The first kappa shape index (κ1) is 19.7. The molecule has 28 heavy (non-hydrogen) atoms. The molecule has 0 spiro atoms. The number of nitrogens with zero attached hydrogens (tertiary/aromatic N) is 1. The normalized spacial score (nSPS) is 27.7. The maximum Gasteiger partial charge on any atom is 0.222 e. The van der Waals surface area contributed by atoms with E-state index in [0.29, 0.717) is 12.5 Å². The SMILES string of the molecule is CCC(=O)N1[C@H](CO)[C@H](c2ccc(C3=CCCC3)cc2)[C@H]1CNC1CCCC1. The zero-order chi connectivity index (χ0) is 19.5. The smallest absolute Gasteiger partial charge is 0.222 e. The number of benzene rings is 1. The van der Waals surface area contributed by atoms with Crippen molar-refractivity contribution in [3.63, 3.8) is 0 Å². The van der Waals surface area contributed by atoms with Gasteiger partial charge >= 0.3 is 0 Å². The highest BCUT2D eigenvalue weighted by atomic mass is 16.3. The van der Waals surface area contributed by atoms with Gasteiger partial charge in [0.2, 0.25) is 5.91 Å². The van der Waals surface area contributed by atoms with Crippen molar-refractivity contribution in [2.45, 2.75) is 82.3 Å². The lowest BCUT2D eigenvalue weighted by molar-refractivity contribution is -0.150. The number of nitrogens with one attached hydrogen (secondary N) is 1. The van der Waals surface area contributed by atoms with Crippen LogP contribution < -0.4 is 5.32 Å². The molecule has 152 valence electrons. The summed E-state index contributed by atoms with van der Waals surface area (Å²) >= 11 is 0. The zero-order valence-corrected chi connectivity index (χ0v) is 17.1. The molecule has 2 fully saturated rings. The first-order valence-electron chi connectivity index (χ1n) is 11.2. The van der Waals surface area contributed by atoms with Crippen LogP contribution in [0.1, 0.15) is 75.3 Å². The van der Waals surface area contributed by atoms with Gasteiger partial charge in [0.15, 0.2) is 0 Å². The molecule has 4 nitrogen and oxygen atoms in total. The minimum atomic E-state index is -0.0978. The van der Waals surface area contributed by atoms with Gasteiger partial charge in [-0.25, -0.2) is 0 Å². The molecule has 1 aromatic carbocycles. The number of aliphatic hydroxyl groups is 1. The number of aliphatic hydroxyl groups excluding tert-OH is 1. The second-order valence-electron chi connectivity index (χ2n) is 8.63. The molecule has 0 bridgehead atoms. The van der Waals surface area contributed by atoms with Gasteiger partial charge in [-0.3, -0.25) is 4.79 Å². The lowest BCUT2D eigenvalue weighted by Crippen LogP contribution is -2.68. The van der Waals surface area contributed by atoms with Crippen LogP contribution in [0.25, 0.3) is 5.57 Å². The van der Waals surface area contributed by atoms with E-state index in [1.54, 1.807) is 0 Å². The molecule has 3 aliphatic rings. The van der Waals surface area contributed by atoms with Crippen LogP contribution in [0.4, 0.5) is 0 Å². The van der Waals surface area contributed by atoms with Crippen LogP contribution in [0.2, 0.25) is 0 Å². The van der Waals surface area contributed by atoms with Gasteiger partial charge < -0.3 is 15.3 Å². The van der Waals surface area contributed by atoms with Crippen LogP contribution in [0.5, 0.6) is 0 Å². The second kappa shape index (κ2) is 8.79. The van der Waals surface area contributed by atoms with Gasteiger partial charge in [0, 0.05) is 24.9 Å². The maximum absolute atomic E-state index is 12.6. The van der Waals surface area contributed by atoms with Crippen molar-refractivity contribution in [3.8, 4) is 0 Å².